The van der Waals surface area contributed by atoms with Gasteiger partial charge in [0.2, 0.25) is 0 Å². The molecule has 0 radical (unpaired) electrons. The Morgan fingerprint density at radius 2 is 1.95 bits per heavy atom. The fraction of sp³-hybridized carbons (Fsp3) is 0.625. The van der Waals surface area contributed by atoms with Gasteiger partial charge in [0.25, 0.3) is 0 Å². The van der Waals surface area contributed by atoms with Crippen LogP contribution in [0.15, 0.2) is 24.3 Å². The number of halogens is 2. The molecule has 6 heteroatoms. The van der Waals surface area contributed by atoms with E-state index in [1.807, 2.05) is 12.1 Å². The van der Waals surface area contributed by atoms with E-state index in [1.54, 1.807) is 12.1 Å². The number of hydrogen-bond acceptors (Lipinski definition) is 4. The highest BCUT2D eigenvalue weighted by molar-refractivity contribution is 5.27. The third kappa shape index (κ3) is 3.94. The van der Waals surface area contributed by atoms with Crippen LogP contribution < -0.4 is 4.74 Å². The second-order valence-electron chi connectivity index (χ2n) is 6.21. The molecular formula is C16H22F2N2O2. The fourth-order valence-electron chi connectivity index (χ4n) is 3.31. The van der Waals surface area contributed by atoms with E-state index < -0.39 is 6.61 Å². The van der Waals surface area contributed by atoms with Gasteiger partial charge in [0, 0.05) is 38.1 Å². The van der Waals surface area contributed by atoms with Crippen molar-refractivity contribution in [2.75, 3.05) is 39.9 Å². The van der Waals surface area contributed by atoms with E-state index in [0.717, 1.165) is 45.0 Å². The standard InChI is InChI=1S/C16H22F2N2O2/c1-19-6-13-8-20(9-14(19)11-21-10-13)7-12-2-4-15(5-3-12)22-16(17)18/h2-5,13-14,16H,6-11H2,1H3/t13-,14+/m1/s1. The van der Waals surface area contributed by atoms with E-state index in [-0.39, 0.29) is 5.75 Å². The number of hydrogen-bond donors (Lipinski definition) is 0. The van der Waals surface area contributed by atoms with Crippen molar-refractivity contribution in [3.05, 3.63) is 29.8 Å². The Labute approximate surface area is 129 Å². The van der Waals surface area contributed by atoms with E-state index in [0.29, 0.717) is 12.0 Å². The monoisotopic (exact) mass is 312 g/mol. The minimum absolute atomic E-state index is 0.208. The van der Waals surface area contributed by atoms with E-state index in [1.165, 1.54) is 0 Å². The summed E-state index contributed by atoms with van der Waals surface area (Å²) < 4.78 is 34.4. The summed E-state index contributed by atoms with van der Waals surface area (Å²) >= 11 is 0. The van der Waals surface area contributed by atoms with Crippen LogP contribution in [0, 0.1) is 5.92 Å². The summed E-state index contributed by atoms with van der Waals surface area (Å²) in [6.07, 6.45) is 0. The van der Waals surface area contributed by atoms with Crippen LogP contribution in [0.5, 0.6) is 5.75 Å². The Hall–Kier alpha value is -1.24. The van der Waals surface area contributed by atoms with Crippen LogP contribution in [-0.2, 0) is 11.3 Å². The normalized spacial score (nSPS) is 26.9. The molecule has 2 atom stereocenters. The predicted octanol–water partition coefficient (Wildman–Crippen LogP) is 2.05. The predicted molar refractivity (Wildman–Crippen MR) is 79.1 cm³/mol. The molecule has 0 saturated carbocycles. The van der Waals surface area contributed by atoms with E-state index in [2.05, 4.69) is 21.6 Å². The molecule has 0 amide bonds. The lowest BCUT2D eigenvalue weighted by Crippen LogP contribution is -2.41. The van der Waals surface area contributed by atoms with Gasteiger partial charge in [-0.2, -0.15) is 8.78 Å². The van der Waals surface area contributed by atoms with Crippen molar-refractivity contribution < 1.29 is 18.3 Å². The van der Waals surface area contributed by atoms with Crippen LogP contribution in [0.25, 0.3) is 0 Å². The average Bonchev–Trinajstić information content (AvgIpc) is 2.69. The second-order valence-corrected chi connectivity index (χ2v) is 6.21. The highest BCUT2D eigenvalue weighted by atomic mass is 19.3. The lowest BCUT2D eigenvalue weighted by Gasteiger charge is -2.29. The minimum atomic E-state index is -2.77. The lowest BCUT2D eigenvalue weighted by atomic mass is 10.1. The maximum atomic E-state index is 12.2. The molecule has 122 valence electrons. The number of likely N-dealkylation sites (N-methyl/N-ethyl adjacent to an activating group) is 1. The van der Waals surface area contributed by atoms with Crippen molar-refractivity contribution >= 4 is 0 Å². The van der Waals surface area contributed by atoms with Gasteiger partial charge in [-0.3, -0.25) is 9.80 Å². The first-order valence-electron chi connectivity index (χ1n) is 7.64. The van der Waals surface area contributed by atoms with Crippen molar-refractivity contribution in [3.8, 4) is 5.75 Å². The van der Waals surface area contributed by atoms with E-state index >= 15 is 0 Å². The van der Waals surface area contributed by atoms with Crippen LogP contribution in [0.4, 0.5) is 8.78 Å². The van der Waals surface area contributed by atoms with Crippen LogP contribution in [0.3, 0.4) is 0 Å². The number of ether oxygens (including phenoxy) is 2. The van der Waals surface area contributed by atoms with Gasteiger partial charge >= 0.3 is 6.61 Å². The summed E-state index contributed by atoms with van der Waals surface area (Å²) in [5, 5.41) is 0. The lowest BCUT2D eigenvalue weighted by molar-refractivity contribution is -0.0498. The van der Waals surface area contributed by atoms with Crippen molar-refractivity contribution in [3.63, 3.8) is 0 Å². The molecule has 2 bridgehead atoms. The summed E-state index contributed by atoms with van der Waals surface area (Å²) in [5.41, 5.74) is 1.12. The second kappa shape index (κ2) is 6.89. The summed E-state index contributed by atoms with van der Waals surface area (Å²) in [4.78, 5) is 4.82. The van der Waals surface area contributed by atoms with Gasteiger partial charge in [0.15, 0.2) is 0 Å². The van der Waals surface area contributed by atoms with E-state index in [9.17, 15) is 8.78 Å². The molecule has 1 aromatic rings. The maximum absolute atomic E-state index is 12.2. The number of benzene rings is 1. The molecule has 2 aliphatic heterocycles. The molecule has 22 heavy (non-hydrogen) atoms. The average molecular weight is 312 g/mol. The Morgan fingerprint density at radius 3 is 2.68 bits per heavy atom. The van der Waals surface area contributed by atoms with E-state index in [4.69, 9.17) is 4.74 Å². The van der Waals surface area contributed by atoms with Gasteiger partial charge in [-0.1, -0.05) is 12.1 Å². The molecule has 3 rings (SSSR count). The van der Waals surface area contributed by atoms with Crippen LogP contribution in [0.2, 0.25) is 0 Å². The number of fused-ring (bicyclic) bond motifs is 3. The highest BCUT2D eigenvalue weighted by Crippen LogP contribution is 2.21. The number of alkyl halides is 2. The first-order chi connectivity index (χ1) is 10.6. The summed E-state index contributed by atoms with van der Waals surface area (Å²) in [5.74, 6) is 0.735. The quantitative estimate of drug-likeness (QED) is 0.849. The third-order valence-electron chi connectivity index (χ3n) is 4.37. The number of rotatable bonds is 4. The van der Waals surface area contributed by atoms with Crippen molar-refractivity contribution in [2.24, 2.45) is 5.92 Å². The molecule has 0 N–H and O–H groups in total. The SMILES string of the molecule is CN1C[C@H]2COC[C@@H]1CN(Cc1ccc(OC(F)F)cc1)C2. The molecular weight excluding hydrogens is 290 g/mol. The van der Waals surface area contributed by atoms with Crippen LogP contribution in [-0.4, -0.2) is 62.3 Å². The Balaban J connectivity index is 1.63. The number of nitrogens with zero attached hydrogens (tertiary/aromatic N) is 2. The molecule has 2 heterocycles. The maximum Gasteiger partial charge on any atom is 0.387 e. The first-order valence-corrected chi connectivity index (χ1v) is 7.64. The zero-order valence-electron chi connectivity index (χ0n) is 12.8. The zero-order valence-corrected chi connectivity index (χ0v) is 12.8. The Kier molecular flexibility index (Phi) is 4.90. The summed E-state index contributed by atoms with van der Waals surface area (Å²) in [6, 6.07) is 7.36. The third-order valence-corrected chi connectivity index (χ3v) is 4.37. The zero-order chi connectivity index (χ0) is 15.5. The molecule has 2 fully saturated rings. The fourth-order valence-corrected chi connectivity index (χ4v) is 3.31. The summed E-state index contributed by atoms with van der Waals surface area (Å²) in [6.45, 7) is 2.71. The van der Waals surface area contributed by atoms with Crippen molar-refractivity contribution in [1.82, 2.24) is 9.80 Å². The largest absolute Gasteiger partial charge is 0.435 e. The molecule has 2 aliphatic rings. The van der Waals surface area contributed by atoms with Gasteiger partial charge in [0.1, 0.15) is 5.75 Å². The molecule has 0 spiro atoms. The Bertz CT molecular complexity index is 484. The van der Waals surface area contributed by atoms with Gasteiger partial charge < -0.3 is 9.47 Å². The highest BCUT2D eigenvalue weighted by Gasteiger charge is 2.31. The van der Waals surface area contributed by atoms with Crippen LogP contribution in [0.1, 0.15) is 5.56 Å². The van der Waals surface area contributed by atoms with Crippen LogP contribution >= 0.6 is 0 Å². The molecule has 2 saturated heterocycles. The molecule has 0 aromatic heterocycles. The van der Waals surface area contributed by atoms with Gasteiger partial charge in [-0.15, -0.1) is 0 Å². The van der Waals surface area contributed by atoms with Gasteiger partial charge in [0.05, 0.1) is 13.2 Å². The molecule has 0 unspecified atom stereocenters. The van der Waals surface area contributed by atoms with Gasteiger partial charge in [-0.05, 0) is 24.7 Å². The topological polar surface area (TPSA) is 24.9 Å². The molecule has 1 aromatic carbocycles. The molecule has 4 nitrogen and oxygen atoms in total. The van der Waals surface area contributed by atoms with Crippen molar-refractivity contribution in [1.29, 1.82) is 0 Å². The summed E-state index contributed by atoms with van der Waals surface area (Å²) in [7, 11) is 2.16. The molecule has 0 aliphatic carbocycles. The first kappa shape index (κ1) is 15.6. The smallest absolute Gasteiger partial charge is 0.387 e. The Morgan fingerprint density at radius 1 is 1.18 bits per heavy atom. The minimum Gasteiger partial charge on any atom is -0.435 e. The van der Waals surface area contributed by atoms with Crippen molar-refractivity contribution in [2.45, 2.75) is 19.2 Å². The van der Waals surface area contributed by atoms with Gasteiger partial charge in [-0.25, -0.2) is 0 Å².